The van der Waals surface area contributed by atoms with Crippen LogP contribution >= 0.6 is 0 Å². The van der Waals surface area contributed by atoms with Crippen molar-refractivity contribution < 1.29 is 0 Å². The maximum absolute atomic E-state index is 7.69. The van der Waals surface area contributed by atoms with Crippen LogP contribution < -0.4 is 5.73 Å². The molecule has 17 heavy (non-hydrogen) atoms. The van der Waals surface area contributed by atoms with Crippen LogP contribution in [-0.2, 0) is 0 Å². The molecule has 2 heterocycles. The highest BCUT2D eigenvalue weighted by molar-refractivity contribution is 6.01. The number of imidazole rings is 1. The van der Waals surface area contributed by atoms with E-state index in [9.17, 15) is 0 Å². The van der Waals surface area contributed by atoms with Crippen molar-refractivity contribution in [3.05, 3.63) is 23.7 Å². The molecule has 5 heteroatoms. The first-order chi connectivity index (χ1) is 8.18. The van der Waals surface area contributed by atoms with Crippen LogP contribution in [0, 0.1) is 12.3 Å². The van der Waals surface area contributed by atoms with Gasteiger partial charge in [0.2, 0.25) is 0 Å². The Bertz CT molecular complexity index is 571. The Morgan fingerprint density at radius 2 is 2.12 bits per heavy atom. The van der Waals surface area contributed by atoms with Crippen molar-refractivity contribution >= 4 is 11.5 Å². The van der Waals surface area contributed by atoms with Crippen LogP contribution in [0.3, 0.4) is 0 Å². The fraction of sp³-hybridized carbons (Fsp3) is 0.500. The third-order valence-corrected chi connectivity index (χ3v) is 3.66. The lowest BCUT2D eigenvalue weighted by Crippen LogP contribution is -2.14. The summed E-state index contributed by atoms with van der Waals surface area (Å²) < 4.78 is 4.08. The van der Waals surface area contributed by atoms with Gasteiger partial charge in [0.1, 0.15) is 11.5 Å². The van der Waals surface area contributed by atoms with E-state index >= 15 is 0 Å². The lowest BCUT2D eigenvalue weighted by atomic mass is 10.2. The van der Waals surface area contributed by atoms with Crippen molar-refractivity contribution in [1.82, 2.24) is 14.2 Å². The molecule has 1 aliphatic rings. The predicted octanol–water partition coefficient (Wildman–Crippen LogP) is 1.84. The Hall–Kier alpha value is -1.78. The molecular weight excluding hydrogens is 214 g/mol. The van der Waals surface area contributed by atoms with Gasteiger partial charge in [0.25, 0.3) is 0 Å². The lowest BCUT2D eigenvalue weighted by Gasteiger charge is -2.12. The minimum atomic E-state index is 0.107. The van der Waals surface area contributed by atoms with Crippen LogP contribution in [0.5, 0.6) is 0 Å². The van der Waals surface area contributed by atoms with E-state index in [1.165, 1.54) is 25.7 Å². The van der Waals surface area contributed by atoms with Crippen molar-refractivity contribution in [3.63, 3.8) is 0 Å². The molecule has 90 valence electrons. The number of hydrogen-bond donors (Lipinski definition) is 2. The second-order valence-electron chi connectivity index (χ2n) is 4.79. The first-order valence-electron chi connectivity index (χ1n) is 6.08. The van der Waals surface area contributed by atoms with Gasteiger partial charge in [0, 0.05) is 18.4 Å². The van der Waals surface area contributed by atoms with E-state index in [-0.39, 0.29) is 5.84 Å². The zero-order valence-electron chi connectivity index (χ0n) is 9.98. The van der Waals surface area contributed by atoms with Gasteiger partial charge in [-0.3, -0.25) is 5.41 Å². The van der Waals surface area contributed by atoms with Crippen LogP contribution in [-0.4, -0.2) is 20.0 Å². The maximum atomic E-state index is 7.69. The van der Waals surface area contributed by atoms with Gasteiger partial charge in [-0.05, 0) is 19.8 Å². The summed E-state index contributed by atoms with van der Waals surface area (Å²) in [4.78, 5) is 0. The van der Waals surface area contributed by atoms with Gasteiger partial charge >= 0.3 is 0 Å². The van der Waals surface area contributed by atoms with Gasteiger partial charge in [0.05, 0.1) is 11.3 Å². The van der Waals surface area contributed by atoms with Crippen LogP contribution in [0.2, 0.25) is 0 Å². The molecule has 1 saturated carbocycles. The molecule has 2 aromatic rings. The van der Waals surface area contributed by atoms with Gasteiger partial charge in [0.15, 0.2) is 0 Å². The molecule has 2 aromatic heterocycles. The first kappa shape index (κ1) is 10.4. The molecule has 5 nitrogen and oxygen atoms in total. The number of fused-ring (bicyclic) bond motifs is 1. The quantitative estimate of drug-likeness (QED) is 0.611. The monoisotopic (exact) mass is 231 g/mol. The second-order valence-corrected chi connectivity index (χ2v) is 4.79. The Labute approximate surface area is 99.7 Å². The van der Waals surface area contributed by atoms with Crippen molar-refractivity contribution in [3.8, 4) is 0 Å². The summed E-state index contributed by atoms with van der Waals surface area (Å²) >= 11 is 0. The summed E-state index contributed by atoms with van der Waals surface area (Å²) in [7, 11) is 0. The first-order valence-corrected chi connectivity index (χ1v) is 6.08. The average Bonchev–Trinajstić information content (AvgIpc) is 2.90. The fourth-order valence-electron chi connectivity index (χ4n) is 2.88. The summed E-state index contributed by atoms with van der Waals surface area (Å²) in [5, 5.41) is 12.1. The minimum absolute atomic E-state index is 0.107. The SMILES string of the molecule is Cc1nn2ccn(C3CCCC3)c2c1C(=N)N. The molecule has 0 bridgehead atoms. The summed E-state index contributed by atoms with van der Waals surface area (Å²) in [6.07, 6.45) is 9.02. The van der Waals surface area contributed by atoms with Crippen molar-refractivity contribution in [2.45, 2.75) is 38.6 Å². The molecule has 3 rings (SSSR count). The summed E-state index contributed by atoms with van der Waals surface area (Å²) in [5.41, 5.74) is 8.26. The highest BCUT2D eigenvalue weighted by Crippen LogP contribution is 2.32. The summed E-state index contributed by atoms with van der Waals surface area (Å²) in [6.45, 7) is 1.91. The zero-order chi connectivity index (χ0) is 12.0. The van der Waals surface area contributed by atoms with Gasteiger partial charge < -0.3 is 10.3 Å². The molecule has 0 aromatic carbocycles. The predicted molar refractivity (Wildman–Crippen MR) is 66.4 cm³/mol. The van der Waals surface area contributed by atoms with Crippen molar-refractivity contribution in [2.24, 2.45) is 5.73 Å². The zero-order valence-corrected chi connectivity index (χ0v) is 9.98. The van der Waals surface area contributed by atoms with Crippen molar-refractivity contribution in [2.75, 3.05) is 0 Å². The Morgan fingerprint density at radius 3 is 2.76 bits per heavy atom. The van der Waals surface area contributed by atoms with Gasteiger partial charge in [-0.2, -0.15) is 5.10 Å². The molecule has 0 spiro atoms. The van der Waals surface area contributed by atoms with E-state index in [4.69, 9.17) is 11.1 Å². The summed E-state index contributed by atoms with van der Waals surface area (Å²) in [6, 6.07) is 0.543. The second kappa shape index (κ2) is 3.61. The van der Waals surface area contributed by atoms with Crippen LogP contribution in [0.15, 0.2) is 12.4 Å². The maximum Gasteiger partial charge on any atom is 0.147 e. The largest absolute Gasteiger partial charge is 0.384 e. The Balaban J connectivity index is 2.21. The average molecular weight is 231 g/mol. The highest BCUT2D eigenvalue weighted by atomic mass is 15.3. The van der Waals surface area contributed by atoms with Crippen LogP contribution in [0.1, 0.15) is 43.0 Å². The molecule has 0 radical (unpaired) electrons. The number of nitrogen functional groups attached to an aromatic ring is 1. The molecule has 0 unspecified atom stereocenters. The Kier molecular flexibility index (Phi) is 2.21. The molecule has 1 aliphatic carbocycles. The molecule has 1 fully saturated rings. The van der Waals surface area contributed by atoms with Crippen LogP contribution in [0.4, 0.5) is 0 Å². The van der Waals surface area contributed by atoms with E-state index in [0.717, 1.165) is 16.9 Å². The number of hydrogen-bond acceptors (Lipinski definition) is 2. The number of amidine groups is 1. The van der Waals surface area contributed by atoms with Gasteiger partial charge in [-0.1, -0.05) is 12.8 Å². The summed E-state index contributed by atoms with van der Waals surface area (Å²) in [5.74, 6) is 0.107. The molecule has 0 atom stereocenters. The smallest absolute Gasteiger partial charge is 0.147 e. The third-order valence-electron chi connectivity index (χ3n) is 3.66. The van der Waals surface area contributed by atoms with E-state index in [0.29, 0.717) is 6.04 Å². The number of aromatic nitrogens is 3. The van der Waals surface area contributed by atoms with Crippen LogP contribution in [0.25, 0.3) is 5.65 Å². The molecular formula is C12H17N5. The highest BCUT2D eigenvalue weighted by Gasteiger charge is 2.22. The number of aryl methyl sites for hydroxylation is 1. The number of nitrogens with one attached hydrogen (secondary N) is 1. The minimum Gasteiger partial charge on any atom is -0.384 e. The molecule has 0 amide bonds. The Morgan fingerprint density at radius 1 is 1.41 bits per heavy atom. The number of rotatable bonds is 2. The van der Waals surface area contributed by atoms with E-state index in [1.54, 1.807) is 0 Å². The molecule has 0 saturated heterocycles. The third kappa shape index (κ3) is 1.45. The topological polar surface area (TPSA) is 72.1 Å². The van der Waals surface area contributed by atoms with E-state index < -0.39 is 0 Å². The number of nitrogens with two attached hydrogens (primary N) is 1. The lowest BCUT2D eigenvalue weighted by molar-refractivity contribution is 0.533. The van der Waals surface area contributed by atoms with E-state index in [2.05, 4.69) is 15.9 Å². The normalized spacial score (nSPS) is 17.0. The molecule has 3 N–H and O–H groups in total. The van der Waals surface area contributed by atoms with Crippen molar-refractivity contribution in [1.29, 1.82) is 5.41 Å². The standard InChI is InChI=1S/C12H17N5/c1-8-10(11(13)14)12-16(6-7-17(12)15-8)9-4-2-3-5-9/h6-7,9H,2-5H2,1H3,(H3,13,14). The number of nitrogens with zero attached hydrogens (tertiary/aromatic N) is 3. The fourth-order valence-corrected chi connectivity index (χ4v) is 2.88. The molecule has 0 aliphatic heterocycles. The van der Waals surface area contributed by atoms with Gasteiger partial charge in [-0.25, -0.2) is 4.52 Å². The van der Waals surface area contributed by atoms with Gasteiger partial charge in [-0.15, -0.1) is 0 Å². The van der Waals surface area contributed by atoms with E-state index in [1.807, 2.05) is 17.6 Å².